The van der Waals surface area contributed by atoms with E-state index >= 15 is 0 Å². The van der Waals surface area contributed by atoms with Gasteiger partial charge in [0.05, 0.1) is 5.69 Å². The van der Waals surface area contributed by atoms with Crippen molar-refractivity contribution >= 4 is 11.7 Å². The Labute approximate surface area is 124 Å². The van der Waals surface area contributed by atoms with Gasteiger partial charge >= 0.3 is 0 Å². The highest BCUT2D eigenvalue weighted by Crippen LogP contribution is 2.23. The largest absolute Gasteiger partial charge is 0.305 e. The van der Waals surface area contributed by atoms with Crippen LogP contribution in [0.15, 0.2) is 18.2 Å². The third-order valence-electron chi connectivity index (χ3n) is 4.13. The van der Waals surface area contributed by atoms with E-state index in [4.69, 9.17) is 0 Å². The first-order chi connectivity index (χ1) is 10.0. The van der Waals surface area contributed by atoms with Gasteiger partial charge in [-0.1, -0.05) is 6.07 Å². The summed E-state index contributed by atoms with van der Waals surface area (Å²) in [5.74, 6) is 0.563. The number of anilines is 1. The van der Waals surface area contributed by atoms with Gasteiger partial charge in [-0.15, -0.1) is 0 Å². The van der Waals surface area contributed by atoms with Crippen LogP contribution in [0.4, 0.5) is 5.82 Å². The summed E-state index contributed by atoms with van der Waals surface area (Å²) in [6.07, 6.45) is 0.908. The molecular weight excluding hydrogens is 264 g/mol. The SMILES string of the molecule is Cc1ccc(C(=O)Nc2n[nH]c3c2CCN(C)C3)cc1C. The zero-order valence-electron chi connectivity index (χ0n) is 12.7. The Bertz CT molecular complexity index is 690. The van der Waals surface area contributed by atoms with Crippen LogP contribution in [0.5, 0.6) is 0 Å². The molecule has 0 saturated heterocycles. The molecule has 21 heavy (non-hydrogen) atoms. The Kier molecular flexibility index (Phi) is 3.51. The minimum Gasteiger partial charge on any atom is -0.305 e. The molecule has 0 atom stereocenters. The van der Waals surface area contributed by atoms with Crippen molar-refractivity contribution in [2.45, 2.75) is 26.8 Å². The molecule has 2 aromatic rings. The number of carbonyl (C=O) groups is 1. The van der Waals surface area contributed by atoms with E-state index in [1.54, 1.807) is 0 Å². The molecule has 110 valence electrons. The third kappa shape index (κ3) is 2.69. The minimum atomic E-state index is -0.105. The molecule has 0 radical (unpaired) electrons. The Morgan fingerprint density at radius 3 is 2.90 bits per heavy atom. The van der Waals surface area contributed by atoms with Crippen LogP contribution >= 0.6 is 0 Å². The van der Waals surface area contributed by atoms with E-state index < -0.39 is 0 Å². The van der Waals surface area contributed by atoms with Crippen LogP contribution in [0.2, 0.25) is 0 Å². The highest BCUT2D eigenvalue weighted by molar-refractivity contribution is 6.04. The van der Waals surface area contributed by atoms with Gasteiger partial charge in [0.2, 0.25) is 0 Å². The zero-order valence-corrected chi connectivity index (χ0v) is 12.7. The van der Waals surface area contributed by atoms with Crippen LogP contribution in [-0.4, -0.2) is 34.6 Å². The predicted molar refractivity (Wildman–Crippen MR) is 82.5 cm³/mol. The van der Waals surface area contributed by atoms with E-state index in [1.165, 1.54) is 5.56 Å². The summed E-state index contributed by atoms with van der Waals surface area (Å²) in [4.78, 5) is 14.6. The van der Waals surface area contributed by atoms with Crippen LogP contribution in [0.25, 0.3) is 0 Å². The molecule has 0 saturated carbocycles. The van der Waals surface area contributed by atoms with Crippen molar-refractivity contribution < 1.29 is 4.79 Å². The van der Waals surface area contributed by atoms with Gasteiger partial charge in [0.1, 0.15) is 0 Å². The van der Waals surface area contributed by atoms with Crippen LogP contribution in [0, 0.1) is 13.8 Å². The lowest BCUT2D eigenvalue weighted by Gasteiger charge is -2.21. The van der Waals surface area contributed by atoms with Crippen LogP contribution < -0.4 is 5.32 Å². The smallest absolute Gasteiger partial charge is 0.256 e. The van der Waals surface area contributed by atoms with Crippen LogP contribution in [0.3, 0.4) is 0 Å². The Morgan fingerprint density at radius 1 is 1.33 bits per heavy atom. The molecule has 2 heterocycles. The molecule has 2 N–H and O–H groups in total. The molecular formula is C16H20N4O. The summed E-state index contributed by atoms with van der Waals surface area (Å²) in [6.45, 7) is 5.89. The van der Waals surface area contributed by atoms with Gasteiger partial charge in [0.15, 0.2) is 5.82 Å². The number of carbonyl (C=O) groups excluding carboxylic acids is 1. The zero-order chi connectivity index (χ0) is 15.0. The molecule has 5 nitrogen and oxygen atoms in total. The van der Waals surface area contributed by atoms with Gasteiger partial charge in [-0.2, -0.15) is 5.10 Å². The summed E-state index contributed by atoms with van der Waals surface area (Å²) in [5.41, 5.74) is 5.20. The van der Waals surface area contributed by atoms with Crippen molar-refractivity contribution in [3.05, 3.63) is 46.1 Å². The number of hydrogen-bond acceptors (Lipinski definition) is 3. The Morgan fingerprint density at radius 2 is 2.14 bits per heavy atom. The van der Waals surface area contributed by atoms with E-state index in [0.717, 1.165) is 36.3 Å². The maximum Gasteiger partial charge on any atom is 0.256 e. The normalized spacial score (nSPS) is 14.8. The number of H-pyrrole nitrogens is 1. The molecule has 5 heteroatoms. The van der Waals surface area contributed by atoms with Gasteiger partial charge < -0.3 is 10.2 Å². The van der Waals surface area contributed by atoms with Gasteiger partial charge in [-0.25, -0.2) is 0 Å². The quantitative estimate of drug-likeness (QED) is 0.889. The number of nitrogens with one attached hydrogen (secondary N) is 2. The second-order valence-electron chi connectivity index (χ2n) is 5.77. The third-order valence-corrected chi connectivity index (χ3v) is 4.13. The van der Waals surface area contributed by atoms with E-state index in [0.29, 0.717) is 11.4 Å². The van der Waals surface area contributed by atoms with Gasteiger partial charge in [-0.3, -0.25) is 9.89 Å². The van der Waals surface area contributed by atoms with E-state index in [9.17, 15) is 4.79 Å². The standard InChI is InChI=1S/C16H20N4O/c1-10-4-5-12(8-11(10)2)16(21)17-15-13-6-7-20(3)9-14(13)18-19-15/h4-5,8H,6-7,9H2,1-3H3,(H2,17,18,19,21). The number of likely N-dealkylation sites (N-methyl/N-ethyl adjacent to an activating group) is 1. The van der Waals surface area contributed by atoms with Crippen molar-refractivity contribution in [2.75, 3.05) is 18.9 Å². The summed E-state index contributed by atoms with van der Waals surface area (Å²) >= 11 is 0. The first-order valence-corrected chi connectivity index (χ1v) is 7.18. The van der Waals surface area contributed by atoms with Gasteiger partial charge in [-0.05, 0) is 50.6 Å². The molecule has 0 spiro atoms. The lowest BCUT2D eigenvalue weighted by Crippen LogP contribution is -2.26. The van der Waals surface area contributed by atoms with E-state index in [-0.39, 0.29) is 5.91 Å². The number of aromatic amines is 1. The molecule has 0 bridgehead atoms. The number of rotatable bonds is 2. The number of nitrogens with zero attached hydrogens (tertiary/aromatic N) is 2. The first kappa shape index (κ1) is 13.8. The summed E-state index contributed by atoms with van der Waals surface area (Å²) in [5, 5.41) is 10.2. The second-order valence-corrected chi connectivity index (χ2v) is 5.77. The molecule has 3 rings (SSSR count). The molecule has 1 aliphatic heterocycles. The monoisotopic (exact) mass is 284 g/mol. The summed E-state index contributed by atoms with van der Waals surface area (Å²) < 4.78 is 0. The maximum absolute atomic E-state index is 12.4. The molecule has 0 fully saturated rings. The van der Waals surface area contributed by atoms with E-state index in [1.807, 2.05) is 32.0 Å². The van der Waals surface area contributed by atoms with Gasteiger partial charge in [0, 0.05) is 24.2 Å². The lowest BCUT2D eigenvalue weighted by atomic mass is 10.1. The van der Waals surface area contributed by atoms with Crippen molar-refractivity contribution in [3.8, 4) is 0 Å². The average molecular weight is 284 g/mol. The number of fused-ring (bicyclic) bond motifs is 1. The topological polar surface area (TPSA) is 61.0 Å². The van der Waals surface area contributed by atoms with Crippen molar-refractivity contribution in [1.29, 1.82) is 0 Å². The number of amides is 1. The second kappa shape index (κ2) is 5.33. The maximum atomic E-state index is 12.4. The molecule has 0 unspecified atom stereocenters. The molecule has 1 aliphatic rings. The fourth-order valence-corrected chi connectivity index (χ4v) is 2.62. The van der Waals surface area contributed by atoms with Crippen LogP contribution in [-0.2, 0) is 13.0 Å². The fraction of sp³-hybridized carbons (Fsp3) is 0.375. The van der Waals surface area contributed by atoms with Crippen molar-refractivity contribution in [3.63, 3.8) is 0 Å². The highest BCUT2D eigenvalue weighted by Gasteiger charge is 2.21. The number of aromatic nitrogens is 2. The number of aryl methyl sites for hydroxylation is 2. The van der Waals surface area contributed by atoms with Crippen LogP contribution in [0.1, 0.15) is 32.7 Å². The Balaban J connectivity index is 1.80. The molecule has 1 amide bonds. The molecule has 1 aromatic carbocycles. The predicted octanol–water partition coefficient (Wildman–Crippen LogP) is 2.27. The number of benzene rings is 1. The molecule has 1 aromatic heterocycles. The highest BCUT2D eigenvalue weighted by atomic mass is 16.1. The average Bonchev–Trinajstić information content (AvgIpc) is 2.84. The summed E-state index contributed by atoms with van der Waals surface area (Å²) in [6, 6.07) is 5.74. The Hall–Kier alpha value is -2.14. The first-order valence-electron chi connectivity index (χ1n) is 7.18. The fourth-order valence-electron chi connectivity index (χ4n) is 2.62. The molecule has 0 aliphatic carbocycles. The number of hydrogen-bond donors (Lipinski definition) is 2. The minimum absolute atomic E-state index is 0.105. The van der Waals surface area contributed by atoms with Crippen molar-refractivity contribution in [1.82, 2.24) is 15.1 Å². The van der Waals surface area contributed by atoms with Crippen molar-refractivity contribution in [2.24, 2.45) is 0 Å². The lowest BCUT2D eigenvalue weighted by molar-refractivity contribution is 0.102. The van der Waals surface area contributed by atoms with E-state index in [2.05, 4.69) is 27.5 Å². The summed E-state index contributed by atoms with van der Waals surface area (Å²) in [7, 11) is 2.08. The van der Waals surface area contributed by atoms with Gasteiger partial charge in [0.25, 0.3) is 5.91 Å².